The lowest BCUT2D eigenvalue weighted by Crippen LogP contribution is -2.02. The minimum absolute atomic E-state index is 0.234. The van der Waals surface area contributed by atoms with E-state index in [0.29, 0.717) is 17.1 Å². The molecule has 0 bridgehead atoms. The van der Waals surface area contributed by atoms with Gasteiger partial charge in [-0.05, 0) is 13.0 Å². The van der Waals surface area contributed by atoms with E-state index in [-0.39, 0.29) is 6.54 Å². The maximum absolute atomic E-state index is 13.2. The Hall–Kier alpha value is -1.91. The molecule has 1 aromatic heterocycles. The van der Waals surface area contributed by atoms with Crippen LogP contribution in [0.4, 0.5) is 14.6 Å². The van der Waals surface area contributed by atoms with Crippen molar-refractivity contribution in [1.29, 1.82) is 0 Å². The number of aryl methyl sites for hydroxylation is 1. The lowest BCUT2D eigenvalue weighted by Gasteiger charge is -2.03. The van der Waals surface area contributed by atoms with E-state index in [9.17, 15) is 8.78 Å². The first-order valence-electron chi connectivity index (χ1n) is 4.76. The van der Waals surface area contributed by atoms with Crippen LogP contribution in [0.3, 0.4) is 0 Å². The maximum atomic E-state index is 13.2. The van der Waals surface area contributed by atoms with Crippen LogP contribution in [-0.4, -0.2) is 5.16 Å². The van der Waals surface area contributed by atoms with E-state index < -0.39 is 11.6 Å². The zero-order chi connectivity index (χ0) is 11.5. The fraction of sp³-hybridized carbons (Fsp3) is 0.182. The monoisotopic (exact) mass is 224 g/mol. The van der Waals surface area contributed by atoms with E-state index in [1.807, 2.05) is 0 Å². The number of nitrogens with one attached hydrogen (secondary N) is 1. The van der Waals surface area contributed by atoms with E-state index in [4.69, 9.17) is 4.52 Å². The molecule has 2 aromatic rings. The van der Waals surface area contributed by atoms with Crippen molar-refractivity contribution >= 4 is 5.82 Å². The van der Waals surface area contributed by atoms with Gasteiger partial charge in [-0.2, -0.15) is 0 Å². The smallest absolute Gasteiger partial charge is 0.169 e. The molecule has 0 atom stereocenters. The van der Waals surface area contributed by atoms with E-state index >= 15 is 0 Å². The van der Waals surface area contributed by atoms with Gasteiger partial charge in [0.05, 0.1) is 0 Å². The minimum Gasteiger partial charge on any atom is -0.363 e. The molecular formula is C11H10F2N2O. The van der Waals surface area contributed by atoms with Gasteiger partial charge < -0.3 is 9.84 Å². The number of benzene rings is 1. The lowest BCUT2D eigenvalue weighted by molar-refractivity contribution is 0.399. The Morgan fingerprint density at radius 1 is 1.31 bits per heavy atom. The number of halogens is 2. The quantitative estimate of drug-likeness (QED) is 0.871. The predicted octanol–water partition coefficient (Wildman–Crippen LogP) is 2.87. The fourth-order valence-electron chi connectivity index (χ4n) is 1.30. The summed E-state index contributed by atoms with van der Waals surface area (Å²) >= 11 is 0. The highest BCUT2D eigenvalue weighted by Gasteiger charge is 2.05. The number of aromatic nitrogens is 1. The molecular weight excluding hydrogens is 214 g/mol. The van der Waals surface area contributed by atoms with Gasteiger partial charge in [0.2, 0.25) is 0 Å². The van der Waals surface area contributed by atoms with Crippen molar-refractivity contribution in [1.82, 2.24) is 5.16 Å². The Morgan fingerprint density at radius 3 is 2.75 bits per heavy atom. The Kier molecular flexibility index (Phi) is 2.85. The first kappa shape index (κ1) is 10.6. The van der Waals surface area contributed by atoms with Gasteiger partial charge in [-0.3, -0.25) is 0 Å². The van der Waals surface area contributed by atoms with Gasteiger partial charge >= 0.3 is 0 Å². The highest BCUT2D eigenvalue weighted by molar-refractivity contribution is 5.35. The molecule has 16 heavy (non-hydrogen) atoms. The van der Waals surface area contributed by atoms with Gasteiger partial charge in [0.25, 0.3) is 0 Å². The molecule has 2 rings (SSSR count). The van der Waals surface area contributed by atoms with Crippen LogP contribution in [0.5, 0.6) is 0 Å². The highest BCUT2D eigenvalue weighted by atomic mass is 19.1. The summed E-state index contributed by atoms with van der Waals surface area (Å²) in [6.45, 7) is 1.99. The summed E-state index contributed by atoms with van der Waals surface area (Å²) in [5.41, 5.74) is 0.377. The van der Waals surface area contributed by atoms with Crippen LogP contribution < -0.4 is 5.32 Å². The molecule has 1 aromatic carbocycles. The number of rotatable bonds is 3. The van der Waals surface area contributed by atoms with Crippen LogP contribution in [0, 0.1) is 18.6 Å². The van der Waals surface area contributed by atoms with Gasteiger partial charge in [-0.15, -0.1) is 0 Å². The summed E-state index contributed by atoms with van der Waals surface area (Å²) in [5, 5.41) is 6.57. The molecule has 0 aliphatic rings. The van der Waals surface area contributed by atoms with Crippen LogP contribution in [0.1, 0.15) is 11.3 Å². The zero-order valence-electron chi connectivity index (χ0n) is 8.63. The molecule has 0 aliphatic carbocycles. The molecule has 1 heterocycles. The standard InChI is InChI=1S/C11H10F2N2O/c1-7-4-11(15-16-7)14-6-8-2-3-9(12)5-10(8)13/h2-5H,6H2,1H3,(H,14,15). The molecule has 0 amide bonds. The van der Waals surface area contributed by atoms with E-state index in [1.54, 1.807) is 13.0 Å². The molecule has 0 fully saturated rings. The van der Waals surface area contributed by atoms with Gasteiger partial charge in [0.1, 0.15) is 17.4 Å². The molecule has 1 N–H and O–H groups in total. The molecule has 0 saturated heterocycles. The van der Waals surface area contributed by atoms with Crippen LogP contribution in [0.25, 0.3) is 0 Å². The van der Waals surface area contributed by atoms with E-state index in [1.165, 1.54) is 12.1 Å². The third-order valence-corrected chi connectivity index (χ3v) is 2.10. The van der Waals surface area contributed by atoms with Crippen molar-refractivity contribution in [3.05, 3.63) is 47.2 Å². The van der Waals surface area contributed by atoms with Gasteiger partial charge in [0.15, 0.2) is 5.82 Å². The van der Waals surface area contributed by atoms with Crippen molar-refractivity contribution in [2.45, 2.75) is 13.5 Å². The Bertz CT molecular complexity index is 496. The summed E-state index contributed by atoms with van der Waals surface area (Å²) in [5.74, 6) is 0.0366. The van der Waals surface area contributed by atoms with Gasteiger partial charge in [0, 0.05) is 24.2 Å². The summed E-state index contributed by atoms with van der Waals surface area (Å²) in [6, 6.07) is 5.16. The van der Waals surface area contributed by atoms with Crippen molar-refractivity contribution in [3.8, 4) is 0 Å². The highest BCUT2D eigenvalue weighted by Crippen LogP contribution is 2.13. The van der Waals surface area contributed by atoms with E-state index in [2.05, 4.69) is 10.5 Å². The van der Waals surface area contributed by atoms with Gasteiger partial charge in [-0.25, -0.2) is 8.78 Å². The Labute approximate surface area is 91.1 Å². The third-order valence-electron chi connectivity index (χ3n) is 2.10. The lowest BCUT2D eigenvalue weighted by atomic mass is 10.2. The van der Waals surface area contributed by atoms with Crippen molar-refractivity contribution in [3.63, 3.8) is 0 Å². The average molecular weight is 224 g/mol. The van der Waals surface area contributed by atoms with Crippen LogP contribution in [0.2, 0.25) is 0 Å². The summed E-state index contributed by atoms with van der Waals surface area (Å²) in [4.78, 5) is 0. The molecule has 0 aliphatic heterocycles. The molecule has 5 heteroatoms. The molecule has 3 nitrogen and oxygen atoms in total. The molecule has 0 unspecified atom stereocenters. The van der Waals surface area contributed by atoms with Crippen molar-refractivity contribution in [2.75, 3.05) is 5.32 Å². The number of hydrogen-bond acceptors (Lipinski definition) is 3. The second-order valence-corrected chi connectivity index (χ2v) is 3.41. The van der Waals surface area contributed by atoms with Crippen molar-refractivity contribution < 1.29 is 13.3 Å². The van der Waals surface area contributed by atoms with Crippen LogP contribution >= 0.6 is 0 Å². The summed E-state index contributed by atoms with van der Waals surface area (Å²) < 4.78 is 30.7. The Balaban J connectivity index is 2.04. The van der Waals surface area contributed by atoms with Crippen LogP contribution in [-0.2, 0) is 6.54 Å². The largest absolute Gasteiger partial charge is 0.363 e. The zero-order valence-corrected chi connectivity index (χ0v) is 8.63. The predicted molar refractivity (Wildman–Crippen MR) is 54.9 cm³/mol. The average Bonchev–Trinajstić information content (AvgIpc) is 2.63. The number of hydrogen-bond donors (Lipinski definition) is 1. The normalized spacial score (nSPS) is 10.4. The molecule has 0 radical (unpaired) electrons. The number of nitrogens with zero attached hydrogens (tertiary/aromatic N) is 1. The third kappa shape index (κ3) is 2.36. The number of anilines is 1. The molecule has 84 valence electrons. The fourth-order valence-corrected chi connectivity index (χ4v) is 1.30. The summed E-state index contributed by atoms with van der Waals surface area (Å²) in [6.07, 6.45) is 0. The van der Waals surface area contributed by atoms with Crippen molar-refractivity contribution in [2.24, 2.45) is 0 Å². The SMILES string of the molecule is Cc1cc(NCc2ccc(F)cc2F)no1. The second kappa shape index (κ2) is 4.30. The van der Waals surface area contributed by atoms with Crippen LogP contribution in [0.15, 0.2) is 28.8 Å². The summed E-state index contributed by atoms with van der Waals surface area (Å²) in [7, 11) is 0. The molecule has 0 saturated carbocycles. The molecule has 0 spiro atoms. The topological polar surface area (TPSA) is 38.1 Å². The first-order chi connectivity index (χ1) is 7.65. The Morgan fingerprint density at radius 2 is 2.12 bits per heavy atom. The minimum atomic E-state index is -0.585. The van der Waals surface area contributed by atoms with E-state index in [0.717, 1.165) is 6.07 Å². The first-order valence-corrected chi connectivity index (χ1v) is 4.76. The van der Waals surface area contributed by atoms with Gasteiger partial charge in [-0.1, -0.05) is 11.2 Å². The second-order valence-electron chi connectivity index (χ2n) is 3.41. The maximum Gasteiger partial charge on any atom is 0.169 e.